The van der Waals surface area contributed by atoms with Gasteiger partial charge in [-0.3, -0.25) is 4.79 Å². The van der Waals surface area contributed by atoms with Crippen LogP contribution in [0.5, 0.6) is 0 Å². The minimum Gasteiger partial charge on any atom is -0.456 e. The number of nitrogens with zero attached hydrogens (tertiary/aromatic N) is 1. The second-order valence-corrected chi connectivity index (χ2v) is 5.04. The Morgan fingerprint density at radius 3 is 2.94 bits per heavy atom. The van der Waals surface area contributed by atoms with Gasteiger partial charge in [0.25, 0.3) is 5.91 Å². The number of hydrogen-bond acceptors (Lipinski definition) is 3. The Morgan fingerprint density at radius 1 is 1.56 bits per heavy atom. The van der Waals surface area contributed by atoms with Crippen molar-refractivity contribution in [1.29, 1.82) is 0 Å². The molecule has 4 nitrogen and oxygen atoms in total. The van der Waals surface area contributed by atoms with E-state index in [0.717, 1.165) is 31.6 Å². The van der Waals surface area contributed by atoms with Gasteiger partial charge in [0, 0.05) is 25.6 Å². The van der Waals surface area contributed by atoms with Crippen molar-refractivity contribution in [3.05, 3.63) is 23.7 Å². The number of nitrogens with two attached hydrogens (primary N) is 1. The van der Waals surface area contributed by atoms with Gasteiger partial charge >= 0.3 is 0 Å². The summed E-state index contributed by atoms with van der Waals surface area (Å²) in [4.78, 5) is 14.3. The maximum absolute atomic E-state index is 12.4. The van der Waals surface area contributed by atoms with Crippen LogP contribution in [-0.4, -0.2) is 29.9 Å². The van der Waals surface area contributed by atoms with Gasteiger partial charge in [0.1, 0.15) is 5.76 Å². The summed E-state index contributed by atoms with van der Waals surface area (Å²) >= 11 is 0. The fraction of sp³-hybridized carbons (Fsp3) is 0.643. The van der Waals surface area contributed by atoms with Gasteiger partial charge in [-0.1, -0.05) is 13.8 Å². The van der Waals surface area contributed by atoms with Crippen molar-refractivity contribution in [2.24, 2.45) is 11.7 Å². The van der Waals surface area contributed by atoms with E-state index < -0.39 is 0 Å². The van der Waals surface area contributed by atoms with E-state index in [1.165, 1.54) is 0 Å². The van der Waals surface area contributed by atoms with Gasteiger partial charge in [-0.2, -0.15) is 0 Å². The zero-order valence-corrected chi connectivity index (χ0v) is 11.2. The lowest BCUT2D eigenvalue weighted by atomic mass is 9.90. The van der Waals surface area contributed by atoms with Gasteiger partial charge in [0.15, 0.2) is 5.76 Å². The molecule has 2 N–H and O–H groups in total. The van der Waals surface area contributed by atoms with Gasteiger partial charge in [-0.05, 0) is 30.9 Å². The minimum absolute atomic E-state index is 0.0169. The molecule has 1 aliphatic heterocycles. The van der Waals surface area contributed by atoms with Crippen LogP contribution in [0.25, 0.3) is 0 Å². The van der Waals surface area contributed by atoms with E-state index in [1.54, 1.807) is 6.07 Å². The van der Waals surface area contributed by atoms with Crippen molar-refractivity contribution < 1.29 is 9.21 Å². The molecule has 0 bridgehead atoms. The molecule has 0 aliphatic carbocycles. The Kier molecular flexibility index (Phi) is 4.07. The normalized spacial score (nSPS) is 24.3. The van der Waals surface area contributed by atoms with Gasteiger partial charge in [0.2, 0.25) is 0 Å². The first-order valence-electron chi connectivity index (χ1n) is 6.77. The van der Waals surface area contributed by atoms with Crippen molar-refractivity contribution in [1.82, 2.24) is 4.90 Å². The van der Waals surface area contributed by atoms with E-state index in [4.69, 9.17) is 10.2 Å². The highest BCUT2D eigenvalue weighted by Crippen LogP contribution is 2.24. The maximum atomic E-state index is 12.4. The molecule has 18 heavy (non-hydrogen) atoms. The Balaban J connectivity index is 2.16. The molecular weight excluding hydrogens is 228 g/mol. The van der Waals surface area contributed by atoms with Crippen molar-refractivity contribution >= 4 is 5.91 Å². The number of amides is 1. The van der Waals surface area contributed by atoms with Crippen LogP contribution in [0.3, 0.4) is 0 Å². The number of aryl methyl sites for hydroxylation is 1. The summed E-state index contributed by atoms with van der Waals surface area (Å²) in [7, 11) is 0. The largest absolute Gasteiger partial charge is 0.456 e. The zero-order chi connectivity index (χ0) is 13.1. The summed E-state index contributed by atoms with van der Waals surface area (Å²) in [6.45, 7) is 5.48. The number of carbonyl (C=O) groups excluding carboxylic acids is 1. The van der Waals surface area contributed by atoms with E-state index >= 15 is 0 Å². The predicted octanol–water partition coefficient (Wildman–Crippen LogP) is 2.04. The van der Waals surface area contributed by atoms with Crippen molar-refractivity contribution in [2.45, 2.75) is 39.2 Å². The third-order valence-corrected chi connectivity index (χ3v) is 3.84. The van der Waals surface area contributed by atoms with Crippen LogP contribution in [0, 0.1) is 5.92 Å². The average molecular weight is 250 g/mol. The van der Waals surface area contributed by atoms with Crippen LogP contribution >= 0.6 is 0 Å². The van der Waals surface area contributed by atoms with Crippen LogP contribution in [0.2, 0.25) is 0 Å². The molecule has 100 valence electrons. The SMILES string of the molecule is CCc1ccc(C(=O)N2CCC[C@@H](C)[C@@H]2CN)o1. The third-order valence-electron chi connectivity index (χ3n) is 3.84. The smallest absolute Gasteiger partial charge is 0.289 e. The Morgan fingerprint density at radius 2 is 2.33 bits per heavy atom. The quantitative estimate of drug-likeness (QED) is 0.893. The standard InChI is InChI=1S/C14H22N2O2/c1-3-11-6-7-13(18-11)14(17)16-8-4-5-10(2)12(16)9-15/h6-7,10,12H,3-5,8-9,15H2,1-2H3/t10-,12+/m1/s1. The minimum atomic E-state index is -0.0169. The summed E-state index contributed by atoms with van der Waals surface area (Å²) in [5.41, 5.74) is 5.81. The first kappa shape index (κ1) is 13.1. The molecule has 1 aliphatic rings. The molecule has 1 fully saturated rings. The van der Waals surface area contributed by atoms with Gasteiger partial charge in [0.05, 0.1) is 0 Å². The number of hydrogen-bond donors (Lipinski definition) is 1. The molecule has 0 unspecified atom stereocenters. The molecule has 0 radical (unpaired) electrons. The molecule has 2 atom stereocenters. The molecule has 1 aromatic rings. The zero-order valence-electron chi connectivity index (χ0n) is 11.2. The summed E-state index contributed by atoms with van der Waals surface area (Å²) in [6.07, 6.45) is 3.00. The van der Waals surface area contributed by atoms with Crippen molar-refractivity contribution in [3.8, 4) is 0 Å². The monoisotopic (exact) mass is 250 g/mol. The molecule has 2 rings (SSSR count). The highest BCUT2D eigenvalue weighted by molar-refractivity contribution is 5.91. The highest BCUT2D eigenvalue weighted by atomic mass is 16.4. The third kappa shape index (κ3) is 2.43. The molecular formula is C14H22N2O2. The van der Waals surface area contributed by atoms with E-state index in [0.29, 0.717) is 18.2 Å². The van der Waals surface area contributed by atoms with Crippen LogP contribution < -0.4 is 5.73 Å². The lowest BCUT2D eigenvalue weighted by Crippen LogP contribution is -2.51. The van der Waals surface area contributed by atoms with Crippen LogP contribution in [-0.2, 0) is 6.42 Å². The highest BCUT2D eigenvalue weighted by Gasteiger charge is 2.32. The van der Waals surface area contributed by atoms with Crippen LogP contribution in [0.1, 0.15) is 43.0 Å². The Labute approximate surface area is 108 Å². The molecule has 1 aromatic heterocycles. The molecule has 1 amide bonds. The maximum Gasteiger partial charge on any atom is 0.289 e. The number of rotatable bonds is 3. The van der Waals surface area contributed by atoms with E-state index in [1.807, 2.05) is 17.9 Å². The molecule has 4 heteroatoms. The second kappa shape index (κ2) is 5.57. The number of furan rings is 1. The molecule has 0 saturated carbocycles. The molecule has 0 spiro atoms. The predicted molar refractivity (Wildman–Crippen MR) is 70.4 cm³/mol. The summed E-state index contributed by atoms with van der Waals surface area (Å²) in [5.74, 6) is 1.75. The van der Waals surface area contributed by atoms with E-state index in [2.05, 4.69) is 6.92 Å². The topological polar surface area (TPSA) is 59.5 Å². The van der Waals surface area contributed by atoms with Crippen molar-refractivity contribution in [3.63, 3.8) is 0 Å². The first-order valence-corrected chi connectivity index (χ1v) is 6.77. The van der Waals surface area contributed by atoms with Gasteiger partial charge in [-0.15, -0.1) is 0 Å². The Bertz CT molecular complexity index is 414. The summed E-state index contributed by atoms with van der Waals surface area (Å²) in [5, 5.41) is 0. The number of carbonyl (C=O) groups is 1. The van der Waals surface area contributed by atoms with Crippen molar-refractivity contribution in [2.75, 3.05) is 13.1 Å². The van der Waals surface area contributed by atoms with E-state index in [-0.39, 0.29) is 11.9 Å². The van der Waals surface area contributed by atoms with Crippen LogP contribution in [0.4, 0.5) is 0 Å². The summed E-state index contributed by atoms with van der Waals surface area (Å²) < 4.78 is 5.54. The second-order valence-electron chi connectivity index (χ2n) is 5.04. The molecule has 0 aromatic carbocycles. The fourth-order valence-electron chi connectivity index (χ4n) is 2.69. The van der Waals surface area contributed by atoms with Gasteiger partial charge in [-0.25, -0.2) is 0 Å². The lowest BCUT2D eigenvalue weighted by molar-refractivity contribution is 0.0499. The molecule has 1 saturated heterocycles. The number of likely N-dealkylation sites (tertiary alicyclic amines) is 1. The lowest BCUT2D eigenvalue weighted by Gasteiger charge is -2.38. The first-order chi connectivity index (χ1) is 8.67. The van der Waals surface area contributed by atoms with Gasteiger partial charge < -0.3 is 15.1 Å². The van der Waals surface area contributed by atoms with Crippen LogP contribution in [0.15, 0.2) is 16.5 Å². The fourth-order valence-corrected chi connectivity index (χ4v) is 2.69. The summed E-state index contributed by atoms with van der Waals surface area (Å²) in [6, 6.07) is 3.79. The molecule has 2 heterocycles. The Hall–Kier alpha value is -1.29. The average Bonchev–Trinajstić information content (AvgIpc) is 2.86. The van der Waals surface area contributed by atoms with E-state index in [9.17, 15) is 4.79 Å². The number of piperidine rings is 1.